The van der Waals surface area contributed by atoms with Gasteiger partial charge in [-0.15, -0.1) is 0 Å². The summed E-state index contributed by atoms with van der Waals surface area (Å²) in [5.74, 6) is -2.91. The molecular formula is C12H16FN3O5. The van der Waals surface area contributed by atoms with Crippen molar-refractivity contribution in [2.24, 2.45) is 0 Å². The molecule has 116 valence electrons. The van der Waals surface area contributed by atoms with Crippen LogP contribution in [-0.4, -0.2) is 53.2 Å². The summed E-state index contributed by atoms with van der Waals surface area (Å²) in [6, 6.07) is 1.14. The molecule has 0 atom stereocenters. The molecule has 0 spiro atoms. The molecule has 1 amide bonds. The minimum Gasteiger partial charge on any atom is -0.476 e. The van der Waals surface area contributed by atoms with Crippen molar-refractivity contribution < 1.29 is 28.3 Å². The fourth-order valence-electron chi connectivity index (χ4n) is 2.02. The molecule has 9 heteroatoms. The van der Waals surface area contributed by atoms with Gasteiger partial charge in [0.25, 0.3) is 0 Å². The quantitative estimate of drug-likeness (QED) is 0.799. The summed E-state index contributed by atoms with van der Waals surface area (Å²) >= 11 is 0. The van der Waals surface area contributed by atoms with E-state index in [1.807, 2.05) is 0 Å². The lowest BCUT2D eigenvalue weighted by atomic mass is 10.0. The van der Waals surface area contributed by atoms with Gasteiger partial charge in [0.1, 0.15) is 0 Å². The lowest BCUT2D eigenvalue weighted by molar-refractivity contribution is -0.0394. The summed E-state index contributed by atoms with van der Waals surface area (Å²) in [4.78, 5) is 23.4. The average Bonchev–Trinajstić information content (AvgIpc) is 2.94. The number of carboxylic acids is 1. The second-order valence-corrected chi connectivity index (χ2v) is 4.77. The van der Waals surface area contributed by atoms with Gasteiger partial charge in [-0.25, -0.2) is 14.0 Å². The molecule has 2 rings (SSSR count). The van der Waals surface area contributed by atoms with Crippen molar-refractivity contribution in [2.45, 2.75) is 25.2 Å². The first-order chi connectivity index (χ1) is 9.92. The number of aromatic carboxylic acids is 1. The van der Waals surface area contributed by atoms with Crippen LogP contribution in [0.25, 0.3) is 0 Å². The zero-order valence-electron chi connectivity index (χ0n) is 11.5. The topological polar surface area (TPSA) is 105 Å². The Labute approximate surface area is 119 Å². The first kappa shape index (κ1) is 15.2. The number of nitrogens with zero attached hydrogens (tertiary/aromatic N) is 2. The van der Waals surface area contributed by atoms with Crippen LogP contribution in [0, 0.1) is 0 Å². The van der Waals surface area contributed by atoms with Gasteiger partial charge in [-0.3, -0.25) is 4.90 Å². The number of amides is 1. The second-order valence-electron chi connectivity index (χ2n) is 4.77. The SMILES string of the molecule is CN(C(=O)OCc1cc(C(=O)O)no1)C1(F)CCNCC1. The Balaban J connectivity index is 1.89. The molecule has 1 saturated heterocycles. The molecule has 0 bridgehead atoms. The molecule has 2 N–H and O–H groups in total. The summed E-state index contributed by atoms with van der Waals surface area (Å²) in [6.07, 6.45) is -0.471. The highest BCUT2D eigenvalue weighted by molar-refractivity contribution is 5.85. The van der Waals surface area contributed by atoms with Crippen molar-refractivity contribution in [2.75, 3.05) is 20.1 Å². The zero-order chi connectivity index (χ0) is 15.5. The number of nitrogens with one attached hydrogen (secondary N) is 1. The molecule has 0 aromatic carbocycles. The van der Waals surface area contributed by atoms with Gasteiger partial charge in [-0.05, 0) is 0 Å². The van der Waals surface area contributed by atoms with Crippen LogP contribution in [0.2, 0.25) is 0 Å². The maximum absolute atomic E-state index is 14.5. The van der Waals surface area contributed by atoms with Crippen molar-refractivity contribution in [3.8, 4) is 0 Å². The first-order valence-corrected chi connectivity index (χ1v) is 6.41. The number of hydrogen-bond donors (Lipinski definition) is 2. The third kappa shape index (κ3) is 3.48. The Kier molecular flexibility index (Phi) is 4.41. The molecule has 1 fully saturated rings. The summed E-state index contributed by atoms with van der Waals surface area (Å²) in [7, 11) is 1.33. The van der Waals surface area contributed by atoms with Crippen molar-refractivity contribution >= 4 is 12.1 Å². The summed E-state index contributed by atoms with van der Waals surface area (Å²) in [5.41, 5.74) is -0.283. The molecule has 8 nitrogen and oxygen atoms in total. The molecule has 1 aromatic rings. The number of carbonyl (C=O) groups is 2. The molecule has 0 saturated carbocycles. The fraction of sp³-hybridized carbons (Fsp3) is 0.583. The van der Waals surface area contributed by atoms with Gasteiger partial charge < -0.3 is 19.7 Å². The fourth-order valence-corrected chi connectivity index (χ4v) is 2.02. The van der Waals surface area contributed by atoms with Crippen molar-refractivity contribution in [3.63, 3.8) is 0 Å². The Morgan fingerprint density at radius 3 is 2.81 bits per heavy atom. The maximum Gasteiger partial charge on any atom is 0.412 e. The van der Waals surface area contributed by atoms with E-state index < -0.39 is 17.9 Å². The van der Waals surface area contributed by atoms with Crippen LogP contribution in [0.4, 0.5) is 9.18 Å². The van der Waals surface area contributed by atoms with Gasteiger partial charge in [0, 0.05) is 39.0 Å². The van der Waals surface area contributed by atoms with E-state index in [0.717, 1.165) is 11.0 Å². The van der Waals surface area contributed by atoms with E-state index in [1.54, 1.807) is 0 Å². The predicted octanol–water partition coefficient (Wildman–Crippen LogP) is 0.990. The van der Waals surface area contributed by atoms with Crippen LogP contribution < -0.4 is 5.32 Å². The molecule has 0 aliphatic carbocycles. The van der Waals surface area contributed by atoms with Crippen molar-refractivity contribution in [1.29, 1.82) is 0 Å². The van der Waals surface area contributed by atoms with Gasteiger partial charge in [-0.2, -0.15) is 0 Å². The van der Waals surface area contributed by atoms with Gasteiger partial charge in [0.05, 0.1) is 0 Å². The smallest absolute Gasteiger partial charge is 0.412 e. The maximum atomic E-state index is 14.5. The molecular weight excluding hydrogens is 285 g/mol. The molecule has 2 heterocycles. The molecule has 21 heavy (non-hydrogen) atoms. The highest BCUT2D eigenvalue weighted by Gasteiger charge is 2.39. The summed E-state index contributed by atoms with van der Waals surface area (Å²) < 4.78 is 24.1. The molecule has 0 unspecified atom stereocenters. The normalized spacial score (nSPS) is 17.2. The molecule has 1 aliphatic heterocycles. The number of piperidine rings is 1. The number of aromatic nitrogens is 1. The van der Waals surface area contributed by atoms with Crippen molar-refractivity contribution in [3.05, 3.63) is 17.5 Å². The second kappa shape index (κ2) is 6.08. The van der Waals surface area contributed by atoms with Crippen LogP contribution >= 0.6 is 0 Å². The van der Waals surface area contributed by atoms with Gasteiger partial charge in [-0.1, -0.05) is 5.16 Å². The van der Waals surface area contributed by atoms with Crippen LogP contribution in [-0.2, 0) is 11.3 Å². The van der Waals surface area contributed by atoms with Crippen LogP contribution in [0.15, 0.2) is 10.6 Å². The number of hydrogen-bond acceptors (Lipinski definition) is 6. The Morgan fingerprint density at radius 1 is 1.57 bits per heavy atom. The van der Waals surface area contributed by atoms with Crippen LogP contribution in [0.1, 0.15) is 29.1 Å². The van der Waals surface area contributed by atoms with E-state index in [0.29, 0.717) is 13.1 Å². The Bertz CT molecular complexity index is 527. The zero-order valence-corrected chi connectivity index (χ0v) is 11.5. The van der Waals surface area contributed by atoms with Crippen LogP contribution in [0.3, 0.4) is 0 Å². The number of ether oxygens (including phenoxy) is 1. The summed E-state index contributed by atoms with van der Waals surface area (Å²) in [5, 5.41) is 15.0. The lowest BCUT2D eigenvalue weighted by Crippen LogP contribution is -2.52. The lowest BCUT2D eigenvalue weighted by Gasteiger charge is -2.37. The largest absolute Gasteiger partial charge is 0.476 e. The van der Waals surface area contributed by atoms with Gasteiger partial charge in [0.2, 0.25) is 0 Å². The number of halogens is 1. The van der Waals surface area contributed by atoms with Gasteiger partial charge in [0.15, 0.2) is 23.9 Å². The van der Waals surface area contributed by atoms with E-state index in [4.69, 9.17) is 14.4 Å². The minimum atomic E-state index is -1.74. The highest BCUT2D eigenvalue weighted by atomic mass is 19.1. The van der Waals surface area contributed by atoms with E-state index in [2.05, 4.69) is 10.5 Å². The van der Waals surface area contributed by atoms with Crippen molar-refractivity contribution in [1.82, 2.24) is 15.4 Å². The highest BCUT2D eigenvalue weighted by Crippen LogP contribution is 2.27. The average molecular weight is 301 g/mol. The molecule has 1 aromatic heterocycles. The number of alkyl halides is 1. The van der Waals surface area contributed by atoms with Gasteiger partial charge >= 0.3 is 12.1 Å². The first-order valence-electron chi connectivity index (χ1n) is 6.41. The monoisotopic (exact) mass is 301 g/mol. The number of carboxylic acid groups (broad SMARTS) is 1. The van der Waals surface area contributed by atoms with E-state index in [9.17, 15) is 14.0 Å². The molecule has 0 radical (unpaired) electrons. The molecule has 1 aliphatic rings. The Morgan fingerprint density at radius 2 is 2.24 bits per heavy atom. The number of rotatable bonds is 4. The minimum absolute atomic E-state index is 0.0763. The Hall–Kier alpha value is -2.16. The van der Waals surface area contributed by atoms with E-state index in [-0.39, 0.29) is 30.9 Å². The van der Waals surface area contributed by atoms with E-state index >= 15 is 0 Å². The summed E-state index contributed by atoms with van der Waals surface area (Å²) in [6.45, 7) is 0.661. The predicted molar refractivity (Wildman–Crippen MR) is 67.4 cm³/mol. The van der Waals surface area contributed by atoms with Crippen LogP contribution in [0.5, 0.6) is 0 Å². The standard InChI is InChI=1S/C12H16FN3O5/c1-16(12(13)2-4-14-5-3-12)11(19)20-7-8-6-9(10(17)18)15-21-8/h6,14H,2-5,7H2,1H3,(H,17,18). The third-order valence-electron chi connectivity index (χ3n) is 3.36. The third-order valence-corrected chi connectivity index (χ3v) is 3.36. The van der Waals surface area contributed by atoms with E-state index in [1.165, 1.54) is 7.05 Å². The number of carbonyl (C=O) groups excluding carboxylic acids is 1.